The molecule has 1 aromatic rings. The molecule has 1 saturated heterocycles. The van der Waals surface area contributed by atoms with Crippen LogP contribution >= 0.6 is 11.6 Å². The number of likely N-dealkylation sites (tertiary alicyclic amines) is 1. The first-order valence-corrected chi connectivity index (χ1v) is 10.5. The molecule has 1 aromatic carbocycles. The summed E-state index contributed by atoms with van der Waals surface area (Å²) in [5, 5.41) is 3.32. The van der Waals surface area contributed by atoms with Gasteiger partial charge in [0.15, 0.2) is 0 Å². The van der Waals surface area contributed by atoms with Gasteiger partial charge in [0.1, 0.15) is 11.8 Å². The number of anilines is 1. The largest absolute Gasteiger partial charge is 0.493 e. The number of amides is 2. The van der Waals surface area contributed by atoms with Crippen LogP contribution < -0.4 is 5.32 Å². The summed E-state index contributed by atoms with van der Waals surface area (Å²) in [5.41, 5.74) is 0.199. The maximum Gasteiger partial charge on any atom is 0.412 e. The van der Waals surface area contributed by atoms with Crippen LogP contribution in [0.3, 0.4) is 0 Å². The highest BCUT2D eigenvalue weighted by Crippen LogP contribution is 2.51. The molecule has 2 heterocycles. The number of halogens is 4. The minimum Gasteiger partial charge on any atom is -0.493 e. The molecule has 4 rings (SSSR count). The normalized spacial score (nSPS) is 24.6. The number of nitrogens with one attached hydrogen (secondary N) is 1. The van der Waals surface area contributed by atoms with E-state index < -0.39 is 23.2 Å². The molecule has 2 amide bonds. The third-order valence-electron chi connectivity index (χ3n) is 6.36. The number of benzene rings is 1. The van der Waals surface area contributed by atoms with Crippen LogP contribution in [0, 0.1) is 5.41 Å². The van der Waals surface area contributed by atoms with Crippen LogP contribution in [-0.2, 0) is 14.3 Å². The Morgan fingerprint density at radius 3 is 2.61 bits per heavy atom. The highest BCUT2D eigenvalue weighted by molar-refractivity contribution is 6.30. The van der Waals surface area contributed by atoms with Crippen molar-refractivity contribution in [3.8, 4) is 0 Å². The molecule has 1 aliphatic carbocycles. The first-order chi connectivity index (χ1) is 14.6. The molecule has 0 aromatic heterocycles. The summed E-state index contributed by atoms with van der Waals surface area (Å²) in [5.74, 6) is -0.258. The predicted molar refractivity (Wildman–Crippen MR) is 109 cm³/mol. The fourth-order valence-corrected chi connectivity index (χ4v) is 4.66. The molecule has 5 nitrogen and oxygen atoms in total. The number of hydrogen-bond donors (Lipinski definition) is 1. The number of carbonyl (C=O) groups excluding carboxylic acids is 2. The Bertz CT molecular complexity index is 971. The van der Waals surface area contributed by atoms with Crippen molar-refractivity contribution in [2.24, 2.45) is 5.41 Å². The number of alkyl halides is 3. The van der Waals surface area contributed by atoms with E-state index in [-0.39, 0.29) is 43.4 Å². The standard InChI is InChI=1S/C22H22ClF3N2O3/c1-13(20(30)27-16-5-3-15(23)4-6-16)28-9-8-21(11-19(28)29)12-31-18-10-14(22(24,25)26)2-7-17(18)21/h3-6,10,13H,2,7-9,11-12H2,1H3,(H,27,30). The molecule has 1 N–H and O–H groups in total. The molecule has 0 bridgehead atoms. The van der Waals surface area contributed by atoms with Crippen LogP contribution in [0.15, 0.2) is 47.2 Å². The fraction of sp³-hybridized carbons (Fsp3) is 0.455. The van der Waals surface area contributed by atoms with Gasteiger partial charge in [0.05, 0.1) is 6.61 Å². The van der Waals surface area contributed by atoms with Gasteiger partial charge in [-0.15, -0.1) is 0 Å². The summed E-state index contributed by atoms with van der Waals surface area (Å²) in [6, 6.07) is 5.99. The third kappa shape index (κ3) is 4.18. The van der Waals surface area contributed by atoms with Gasteiger partial charge in [-0.05, 0) is 62.1 Å². The molecule has 166 valence electrons. The Labute approximate surface area is 182 Å². The van der Waals surface area contributed by atoms with Gasteiger partial charge in [0.2, 0.25) is 11.8 Å². The topological polar surface area (TPSA) is 58.6 Å². The quantitative estimate of drug-likeness (QED) is 0.710. The molecule has 0 saturated carbocycles. The monoisotopic (exact) mass is 454 g/mol. The molecule has 2 aliphatic heterocycles. The molecule has 2 unspecified atom stereocenters. The second kappa shape index (κ2) is 7.89. The number of rotatable bonds is 3. The SMILES string of the molecule is CC(C(=O)Nc1ccc(Cl)cc1)N1CCC2(COC3=C2CCC(C(F)(F)F)=C3)CC1=O. The van der Waals surface area contributed by atoms with Gasteiger partial charge in [0.25, 0.3) is 0 Å². The summed E-state index contributed by atoms with van der Waals surface area (Å²) in [6.45, 7) is 2.20. The molecule has 3 aliphatic rings. The number of fused-ring (bicyclic) bond motifs is 1. The average Bonchev–Trinajstić information content (AvgIpc) is 3.06. The zero-order valence-corrected chi connectivity index (χ0v) is 17.6. The first-order valence-electron chi connectivity index (χ1n) is 10.1. The lowest BCUT2D eigenvalue weighted by molar-refractivity contribution is -0.144. The molecule has 2 atom stereocenters. The van der Waals surface area contributed by atoms with Crippen molar-refractivity contribution < 1.29 is 27.5 Å². The van der Waals surface area contributed by atoms with E-state index >= 15 is 0 Å². The van der Waals surface area contributed by atoms with Crippen molar-refractivity contribution in [1.29, 1.82) is 0 Å². The van der Waals surface area contributed by atoms with E-state index in [4.69, 9.17) is 16.3 Å². The average molecular weight is 455 g/mol. The van der Waals surface area contributed by atoms with E-state index in [1.54, 1.807) is 31.2 Å². The van der Waals surface area contributed by atoms with E-state index in [0.717, 1.165) is 11.6 Å². The summed E-state index contributed by atoms with van der Waals surface area (Å²) in [6.07, 6.45) is -2.49. The molecule has 1 spiro atoms. The van der Waals surface area contributed by atoms with E-state index in [0.29, 0.717) is 23.7 Å². The van der Waals surface area contributed by atoms with Crippen molar-refractivity contribution in [2.45, 2.75) is 44.8 Å². The zero-order chi connectivity index (χ0) is 22.4. The number of nitrogens with zero attached hydrogens (tertiary/aromatic N) is 1. The lowest BCUT2D eigenvalue weighted by Crippen LogP contribution is -2.52. The van der Waals surface area contributed by atoms with Gasteiger partial charge in [-0.3, -0.25) is 9.59 Å². The molecular weight excluding hydrogens is 433 g/mol. The van der Waals surface area contributed by atoms with E-state index in [1.165, 1.54) is 4.90 Å². The van der Waals surface area contributed by atoms with Gasteiger partial charge in [-0.25, -0.2) is 0 Å². The Morgan fingerprint density at radius 1 is 1.26 bits per heavy atom. The van der Waals surface area contributed by atoms with Crippen molar-refractivity contribution in [3.05, 3.63) is 52.3 Å². The lowest BCUT2D eigenvalue weighted by Gasteiger charge is -2.41. The molecular formula is C22H22ClF3N2O3. The summed E-state index contributed by atoms with van der Waals surface area (Å²) in [4.78, 5) is 27.1. The van der Waals surface area contributed by atoms with Gasteiger partial charge >= 0.3 is 6.18 Å². The van der Waals surface area contributed by atoms with Crippen LogP contribution in [0.4, 0.5) is 18.9 Å². The smallest absolute Gasteiger partial charge is 0.412 e. The van der Waals surface area contributed by atoms with E-state index in [1.807, 2.05) is 0 Å². The van der Waals surface area contributed by atoms with Crippen LogP contribution in [0.5, 0.6) is 0 Å². The predicted octanol–water partition coefficient (Wildman–Crippen LogP) is 4.84. The molecule has 1 fully saturated rings. The Kier molecular flexibility index (Phi) is 5.54. The number of piperidine rings is 1. The summed E-state index contributed by atoms with van der Waals surface area (Å²) < 4.78 is 44.7. The van der Waals surface area contributed by atoms with Gasteiger partial charge < -0.3 is 15.0 Å². The number of allylic oxidation sites excluding steroid dienone is 2. The van der Waals surface area contributed by atoms with Gasteiger partial charge in [-0.1, -0.05) is 11.6 Å². The van der Waals surface area contributed by atoms with Crippen molar-refractivity contribution in [2.75, 3.05) is 18.5 Å². The van der Waals surface area contributed by atoms with Crippen LogP contribution in [0.2, 0.25) is 5.02 Å². The second-order valence-electron chi connectivity index (χ2n) is 8.27. The van der Waals surface area contributed by atoms with Crippen LogP contribution in [0.1, 0.15) is 32.6 Å². The maximum atomic E-state index is 13.0. The number of hydrogen-bond acceptors (Lipinski definition) is 3. The lowest BCUT2D eigenvalue weighted by atomic mass is 9.70. The highest BCUT2D eigenvalue weighted by Gasteiger charge is 2.50. The maximum absolute atomic E-state index is 13.0. The minimum absolute atomic E-state index is 0.106. The van der Waals surface area contributed by atoms with Crippen LogP contribution in [-0.4, -0.2) is 42.1 Å². The molecule has 31 heavy (non-hydrogen) atoms. The van der Waals surface area contributed by atoms with E-state index in [2.05, 4.69) is 5.32 Å². The number of ether oxygens (including phenoxy) is 1. The third-order valence-corrected chi connectivity index (χ3v) is 6.61. The Hall–Kier alpha value is -2.48. The van der Waals surface area contributed by atoms with Crippen molar-refractivity contribution in [3.63, 3.8) is 0 Å². The summed E-state index contributed by atoms with van der Waals surface area (Å²) in [7, 11) is 0. The summed E-state index contributed by atoms with van der Waals surface area (Å²) >= 11 is 5.85. The molecule has 0 radical (unpaired) electrons. The minimum atomic E-state index is -4.37. The van der Waals surface area contributed by atoms with Gasteiger partial charge in [0, 0.05) is 34.7 Å². The van der Waals surface area contributed by atoms with Crippen LogP contribution in [0.25, 0.3) is 0 Å². The zero-order valence-electron chi connectivity index (χ0n) is 16.9. The Balaban J connectivity index is 1.45. The number of carbonyl (C=O) groups is 2. The first kappa shape index (κ1) is 21.7. The van der Waals surface area contributed by atoms with Crippen molar-refractivity contribution in [1.82, 2.24) is 4.90 Å². The van der Waals surface area contributed by atoms with Gasteiger partial charge in [-0.2, -0.15) is 13.2 Å². The Morgan fingerprint density at radius 2 is 1.97 bits per heavy atom. The fourth-order valence-electron chi connectivity index (χ4n) is 4.53. The molecule has 9 heteroatoms. The second-order valence-corrected chi connectivity index (χ2v) is 8.70. The van der Waals surface area contributed by atoms with Crippen molar-refractivity contribution >= 4 is 29.1 Å². The van der Waals surface area contributed by atoms with E-state index in [9.17, 15) is 22.8 Å². The highest BCUT2D eigenvalue weighted by atomic mass is 35.5.